The highest BCUT2D eigenvalue weighted by molar-refractivity contribution is 5.54. The van der Waals surface area contributed by atoms with E-state index in [1.54, 1.807) is 13.3 Å². The SMILES string of the molecule is CCOc1cc(NCc2ccnn2C)ccc1OC. The highest BCUT2D eigenvalue weighted by Crippen LogP contribution is 2.30. The molecule has 0 atom stereocenters. The molecule has 1 N–H and O–H groups in total. The number of rotatable bonds is 6. The van der Waals surface area contributed by atoms with Gasteiger partial charge in [-0.05, 0) is 25.1 Å². The van der Waals surface area contributed by atoms with E-state index < -0.39 is 0 Å². The second-order valence-electron chi connectivity index (χ2n) is 4.10. The molecule has 0 aliphatic heterocycles. The Hall–Kier alpha value is -2.17. The van der Waals surface area contributed by atoms with Crippen LogP contribution in [0.15, 0.2) is 30.5 Å². The van der Waals surface area contributed by atoms with Crippen LogP contribution < -0.4 is 14.8 Å². The molecule has 0 fully saturated rings. The van der Waals surface area contributed by atoms with Crippen molar-refractivity contribution in [2.45, 2.75) is 13.5 Å². The molecule has 0 saturated heterocycles. The largest absolute Gasteiger partial charge is 0.493 e. The fourth-order valence-corrected chi connectivity index (χ4v) is 1.82. The zero-order chi connectivity index (χ0) is 13.7. The van der Waals surface area contributed by atoms with E-state index >= 15 is 0 Å². The van der Waals surface area contributed by atoms with Crippen molar-refractivity contribution in [2.24, 2.45) is 7.05 Å². The first-order valence-corrected chi connectivity index (χ1v) is 6.26. The lowest BCUT2D eigenvalue weighted by Crippen LogP contribution is -2.05. The standard InChI is InChI=1S/C14H19N3O2/c1-4-19-14-9-11(5-6-13(14)18-3)15-10-12-7-8-16-17(12)2/h5-9,15H,4,10H2,1-3H3. The number of hydrogen-bond acceptors (Lipinski definition) is 4. The minimum Gasteiger partial charge on any atom is -0.493 e. The van der Waals surface area contributed by atoms with Crippen molar-refractivity contribution in [1.82, 2.24) is 9.78 Å². The molecule has 0 bridgehead atoms. The number of aryl methyl sites for hydroxylation is 1. The third-order valence-electron chi connectivity index (χ3n) is 2.86. The van der Waals surface area contributed by atoms with E-state index in [9.17, 15) is 0 Å². The maximum atomic E-state index is 5.55. The maximum absolute atomic E-state index is 5.55. The van der Waals surface area contributed by atoms with E-state index in [1.807, 2.05) is 42.9 Å². The monoisotopic (exact) mass is 261 g/mol. The summed E-state index contributed by atoms with van der Waals surface area (Å²) in [5, 5.41) is 7.48. The number of anilines is 1. The third kappa shape index (κ3) is 3.19. The van der Waals surface area contributed by atoms with E-state index in [1.165, 1.54) is 0 Å². The molecule has 0 saturated carbocycles. The number of methoxy groups -OCH3 is 1. The Morgan fingerprint density at radius 2 is 2.11 bits per heavy atom. The lowest BCUT2D eigenvalue weighted by molar-refractivity contribution is 0.311. The fraction of sp³-hybridized carbons (Fsp3) is 0.357. The second kappa shape index (κ2) is 6.13. The summed E-state index contributed by atoms with van der Waals surface area (Å²) in [6.07, 6.45) is 1.79. The van der Waals surface area contributed by atoms with Crippen LogP contribution in [-0.4, -0.2) is 23.5 Å². The summed E-state index contributed by atoms with van der Waals surface area (Å²) in [6.45, 7) is 3.28. The van der Waals surface area contributed by atoms with Crippen LogP contribution in [0, 0.1) is 0 Å². The van der Waals surface area contributed by atoms with Gasteiger partial charge in [-0.2, -0.15) is 5.10 Å². The van der Waals surface area contributed by atoms with Crippen molar-refractivity contribution in [1.29, 1.82) is 0 Å². The molecular weight excluding hydrogens is 242 g/mol. The molecule has 1 aromatic heterocycles. The molecule has 1 aromatic carbocycles. The van der Waals surface area contributed by atoms with Gasteiger partial charge in [0.15, 0.2) is 11.5 Å². The minimum absolute atomic E-state index is 0.613. The van der Waals surface area contributed by atoms with Gasteiger partial charge >= 0.3 is 0 Å². The molecule has 1 heterocycles. The van der Waals surface area contributed by atoms with Crippen molar-refractivity contribution >= 4 is 5.69 Å². The molecule has 5 nitrogen and oxygen atoms in total. The molecular formula is C14H19N3O2. The Bertz CT molecular complexity index is 537. The van der Waals surface area contributed by atoms with Gasteiger partial charge in [-0.1, -0.05) is 0 Å². The number of aromatic nitrogens is 2. The van der Waals surface area contributed by atoms with Crippen LogP contribution in [0.1, 0.15) is 12.6 Å². The molecule has 102 valence electrons. The fourth-order valence-electron chi connectivity index (χ4n) is 1.82. The zero-order valence-corrected chi connectivity index (χ0v) is 11.5. The van der Waals surface area contributed by atoms with E-state index in [4.69, 9.17) is 9.47 Å². The van der Waals surface area contributed by atoms with Gasteiger partial charge < -0.3 is 14.8 Å². The van der Waals surface area contributed by atoms with Crippen LogP contribution >= 0.6 is 0 Å². The van der Waals surface area contributed by atoms with Crippen molar-refractivity contribution < 1.29 is 9.47 Å². The number of nitrogens with one attached hydrogen (secondary N) is 1. The van der Waals surface area contributed by atoms with Crippen LogP contribution in [0.4, 0.5) is 5.69 Å². The Morgan fingerprint density at radius 3 is 2.74 bits per heavy atom. The number of benzene rings is 1. The quantitative estimate of drug-likeness (QED) is 0.867. The molecule has 0 radical (unpaired) electrons. The van der Waals surface area contributed by atoms with Crippen LogP contribution in [0.5, 0.6) is 11.5 Å². The van der Waals surface area contributed by atoms with Gasteiger partial charge in [0.1, 0.15) is 0 Å². The van der Waals surface area contributed by atoms with Gasteiger partial charge in [0.05, 0.1) is 26.0 Å². The van der Waals surface area contributed by atoms with Gasteiger partial charge in [-0.3, -0.25) is 4.68 Å². The summed E-state index contributed by atoms with van der Waals surface area (Å²) in [4.78, 5) is 0. The molecule has 0 unspecified atom stereocenters. The van der Waals surface area contributed by atoms with E-state index in [0.29, 0.717) is 13.2 Å². The summed E-state index contributed by atoms with van der Waals surface area (Å²) < 4.78 is 12.6. The number of nitrogens with zero attached hydrogens (tertiary/aromatic N) is 2. The Labute approximate surface area is 113 Å². The normalized spacial score (nSPS) is 10.3. The molecule has 5 heteroatoms. The van der Waals surface area contributed by atoms with E-state index in [0.717, 1.165) is 22.9 Å². The predicted molar refractivity (Wildman–Crippen MR) is 74.7 cm³/mol. The van der Waals surface area contributed by atoms with Gasteiger partial charge in [-0.15, -0.1) is 0 Å². The van der Waals surface area contributed by atoms with Crippen LogP contribution in [0.2, 0.25) is 0 Å². The smallest absolute Gasteiger partial charge is 0.163 e. The number of ether oxygens (including phenoxy) is 2. The second-order valence-corrected chi connectivity index (χ2v) is 4.10. The summed E-state index contributed by atoms with van der Waals surface area (Å²) in [7, 11) is 3.57. The highest BCUT2D eigenvalue weighted by atomic mass is 16.5. The average Bonchev–Trinajstić information content (AvgIpc) is 2.82. The molecule has 19 heavy (non-hydrogen) atoms. The summed E-state index contributed by atoms with van der Waals surface area (Å²) >= 11 is 0. The van der Waals surface area contributed by atoms with Crippen LogP contribution in [-0.2, 0) is 13.6 Å². The molecule has 2 rings (SSSR count). The van der Waals surface area contributed by atoms with Crippen molar-refractivity contribution in [2.75, 3.05) is 19.0 Å². The zero-order valence-electron chi connectivity index (χ0n) is 11.5. The summed E-state index contributed by atoms with van der Waals surface area (Å²) in [5.74, 6) is 1.49. The lowest BCUT2D eigenvalue weighted by Gasteiger charge is -2.12. The van der Waals surface area contributed by atoms with Gasteiger partial charge in [-0.25, -0.2) is 0 Å². The van der Waals surface area contributed by atoms with Gasteiger partial charge in [0.2, 0.25) is 0 Å². The maximum Gasteiger partial charge on any atom is 0.163 e. The van der Waals surface area contributed by atoms with E-state index in [2.05, 4.69) is 10.4 Å². The first-order valence-electron chi connectivity index (χ1n) is 6.26. The third-order valence-corrected chi connectivity index (χ3v) is 2.86. The first-order chi connectivity index (χ1) is 9.24. The molecule has 0 aliphatic carbocycles. The molecule has 0 spiro atoms. The molecule has 0 amide bonds. The summed E-state index contributed by atoms with van der Waals surface area (Å²) in [5.41, 5.74) is 2.11. The van der Waals surface area contributed by atoms with Crippen LogP contribution in [0.25, 0.3) is 0 Å². The van der Waals surface area contributed by atoms with E-state index in [-0.39, 0.29) is 0 Å². The highest BCUT2D eigenvalue weighted by Gasteiger charge is 2.05. The molecule has 0 aliphatic rings. The van der Waals surface area contributed by atoms with Crippen LogP contribution in [0.3, 0.4) is 0 Å². The Morgan fingerprint density at radius 1 is 1.26 bits per heavy atom. The number of hydrogen-bond donors (Lipinski definition) is 1. The Balaban J connectivity index is 2.08. The summed E-state index contributed by atoms with van der Waals surface area (Å²) in [6, 6.07) is 7.80. The van der Waals surface area contributed by atoms with Crippen molar-refractivity contribution in [3.8, 4) is 11.5 Å². The first kappa shape index (κ1) is 13.3. The topological polar surface area (TPSA) is 48.3 Å². The average molecular weight is 261 g/mol. The minimum atomic E-state index is 0.613. The van der Waals surface area contributed by atoms with Crippen molar-refractivity contribution in [3.05, 3.63) is 36.2 Å². The van der Waals surface area contributed by atoms with Crippen molar-refractivity contribution in [3.63, 3.8) is 0 Å². The Kier molecular flexibility index (Phi) is 4.28. The molecule has 2 aromatic rings. The van der Waals surface area contributed by atoms with Gasteiger partial charge in [0, 0.05) is 25.0 Å². The lowest BCUT2D eigenvalue weighted by atomic mass is 10.2. The van der Waals surface area contributed by atoms with Gasteiger partial charge in [0.25, 0.3) is 0 Å². The predicted octanol–water partition coefficient (Wildman–Crippen LogP) is 2.44.